The molecule has 3 aromatic heterocycles. The van der Waals surface area contributed by atoms with Crippen LogP contribution in [0.1, 0.15) is 10.4 Å². The van der Waals surface area contributed by atoms with Crippen LogP contribution in [-0.4, -0.2) is 21.4 Å². The van der Waals surface area contributed by atoms with Gasteiger partial charge in [0.15, 0.2) is 0 Å². The minimum Gasteiger partial charge on any atom is -0.465 e. The summed E-state index contributed by atoms with van der Waals surface area (Å²) in [6.07, 6.45) is 0.506. The van der Waals surface area contributed by atoms with E-state index in [4.69, 9.17) is 0 Å². The topological polar surface area (TPSA) is 66.3 Å². The fraction of sp³-hybridized carbons (Fsp3) is 0.154. The number of halogens is 1. The third-order valence-corrected chi connectivity index (χ3v) is 6.08. The molecule has 8 heteroatoms. The fourth-order valence-corrected chi connectivity index (χ4v) is 4.33. The smallest absolute Gasteiger partial charge is 0.412 e. The first-order valence-corrected chi connectivity index (χ1v) is 8.50. The van der Waals surface area contributed by atoms with Crippen LogP contribution in [0.2, 0.25) is 0 Å². The molecule has 0 aliphatic carbocycles. The Morgan fingerprint density at radius 2 is 2.33 bits per heavy atom. The number of thiophene rings is 2. The first-order valence-electron chi connectivity index (χ1n) is 6.01. The summed E-state index contributed by atoms with van der Waals surface area (Å²) in [7, 11) is 0. The maximum atomic E-state index is 11.6. The minimum absolute atomic E-state index is 0.308. The molecular formula is C13H10BrN3O2S2. The van der Waals surface area contributed by atoms with E-state index in [9.17, 15) is 9.90 Å². The van der Waals surface area contributed by atoms with Gasteiger partial charge in [-0.25, -0.2) is 4.79 Å². The molecule has 0 aliphatic heterocycles. The van der Waals surface area contributed by atoms with Gasteiger partial charge in [-0.05, 0) is 34.3 Å². The number of carbonyl (C=O) groups is 1. The highest BCUT2D eigenvalue weighted by atomic mass is 79.9. The molecule has 3 aromatic rings. The van der Waals surface area contributed by atoms with Crippen LogP contribution in [-0.2, 0) is 6.54 Å². The number of hydrogen-bond donors (Lipinski definition) is 1. The summed E-state index contributed by atoms with van der Waals surface area (Å²) in [4.78, 5) is 13.9. The van der Waals surface area contributed by atoms with Crippen LogP contribution in [0.3, 0.4) is 0 Å². The Balaban J connectivity index is 2.11. The first-order chi connectivity index (χ1) is 10.1. The normalized spacial score (nSPS) is 11.0. The number of rotatable bonds is 3. The lowest BCUT2D eigenvalue weighted by Crippen LogP contribution is -2.28. The van der Waals surface area contributed by atoms with E-state index < -0.39 is 6.09 Å². The molecule has 3 rings (SSSR count). The highest BCUT2D eigenvalue weighted by Crippen LogP contribution is 2.39. The molecule has 0 aromatic carbocycles. The van der Waals surface area contributed by atoms with E-state index >= 15 is 0 Å². The van der Waals surface area contributed by atoms with Crippen molar-refractivity contribution < 1.29 is 9.90 Å². The molecular weight excluding hydrogens is 374 g/mol. The number of fused-ring (bicyclic) bond motifs is 1. The van der Waals surface area contributed by atoms with Gasteiger partial charge >= 0.3 is 6.09 Å². The zero-order chi connectivity index (χ0) is 15.0. The SMILES string of the molecule is Cc1c(Br)sc2c(N(Cc3cccs3)C(=O)O)cnnc12. The van der Waals surface area contributed by atoms with Crippen LogP contribution in [0.5, 0.6) is 0 Å². The summed E-state index contributed by atoms with van der Waals surface area (Å²) in [6, 6.07) is 3.83. The zero-order valence-electron chi connectivity index (χ0n) is 10.9. The summed E-state index contributed by atoms with van der Waals surface area (Å²) in [6.45, 7) is 2.24. The van der Waals surface area contributed by atoms with Gasteiger partial charge in [-0.1, -0.05) is 6.07 Å². The molecule has 0 saturated carbocycles. The molecule has 0 unspecified atom stereocenters. The zero-order valence-corrected chi connectivity index (χ0v) is 14.1. The number of anilines is 1. The van der Waals surface area contributed by atoms with Crippen LogP contribution in [0.15, 0.2) is 27.5 Å². The molecule has 3 heterocycles. The third-order valence-electron chi connectivity index (χ3n) is 3.04. The van der Waals surface area contributed by atoms with Gasteiger partial charge in [0.1, 0.15) is 5.52 Å². The largest absolute Gasteiger partial charge is 0.465 e. The van der Waals surface area contributed by atoms with E-state index in [1.54, 1.807) is 0 Å². The summed E-state index contributed by atoms with van der Waals surface area (Å²) < 4.78 is 1.77. The predicted octanol–water partition coefficient (Wildman–Crippen LogP) is 4.51. The van der Waals surface area contributed by atoms with Crippen molar-refractivity contribution in [2.45, 2.75) is 13.5 Å². The number of hydrogen-bond acceptors (Lipinski definition) is 5. The van der Waals surface area contributed by atoms with Crippen molar-refractivity contribution in [1.29, 1.82) is 0 Å². The minimum atomic E-state index is -1.00. The molecule has 0 atom stereocenters. The second-order valence-electron chi connectivity index (χ2n) is 4.36. The first kappa shape index (κ1) is 14.4. The molecule has 1 N–H and O–H groups in total. The van der Waals surface area contributed by atoms with E-state index in [1.165, 1.54) is 33.8 Å². The van der Waals surface area contributed by atoms with Gasteiger partial charge in [0.05, 0.1) is 26.9 Å². The van der Waals surface area contributed by atoms with Gasteiger partial charge in [0.25, 0.3) is 0 Å². The van der Waals surface area contributed by atoms with E-state index in [0.717, 1.165) is 24.4 Å². The van der Waals surface area contributed by atoms with E-state index in [1.807, 2.05) is 24.4 Å². The van der Waals surface area contributed by atoms with Gasteiger partial charge in [0, 0.05) is 10.4 Å². The average molecular weight is 384 g/mol. The lowest BCUT2D eigenvalue weighted by Gasteiger charge is -2.18. The Hall–Kier alpha value is -1.51. The summed E-state index contributed by atoms with van der Waals surface area (Å²) in [5, 5.41) is 19.5. The molecule has 5 nitrogen and oxygen atoms in total. The van der Waals surface area contributed by atoms with E-state index in [0.29, 0.717) is 12.2 Å². The molecule has 0 bridgehead atoms. The summed E-state index contributed by atoms with van der Waals surface area (Å²) in [5.41, 5.74) is 2.28. The summed E-state index contributed by atoms with van der Waals surface area (Å²) >= 11 is 6.48. The Kier molecular flexibility index (Phi) is 3.92. The van der Waals surface area contributed by atoms with Crippen LogP contribution in [0.4, 0.5) is 10.5 Å². The standard InChI is InChI=1S/C13H10BrN3O2S2/c1-7-10-11(21-12(7)14)9(5-15-16-10)17(13(18)19)6-8-3-2-4-20-8/h2-5H,6H2,1H3,(H,18,19). The Bertz CT molecular complexity index is 801. The van der Waals surface area contributed by atoms with Crippen molar-refractivity contribution >= 4 is 60.6 Å². The molecule has 0 saturated heterocycles. The van der Waals surface area contributed by atoms with Gasteiger partial charge in [0.2, 0.25) is 0 Å². The monoisotopic (exact) mass is 383 g/mol. The number of amides is 1. The van der Waals surface area contributed by atoms with E-state index in [2.05, 4.69) is 26.1 Å². The molecule has 1 amide bonds. The number of nitrogens with zero attached hydrogens (tertiary/aromatic N) is 3. The van der Waals surface area contributed by atoms with Crippen LogP contribution in [0.25, 0.3) is 10.2 Å². The van der Waals surface area contributed by atoms with Crippen LogP contribution >= 0.6 is 38.6 Å². The van der Waals surface area contributed by atoms with Crippen molar-refractivity contribution in [3.8, 4) is 0 Å². The van der Waals surface area contributed by atoms with Gasteiger partial charge in [-0.3, -0.25) is 4.90 Å². The van der Waals surface area contributed by atoms with Crippen molar-refractivity contribution in [3.05, 3.63) is 37.9 Å². The van der Waals surface area contributed by atoms with Crippen molar-refractivity contribution in [2.75, 3.05) is 4.90 Å². The molecule has 0 aliphatic rings. The highest BCUT2D eigenvalue weighted by molar-refractivity contribution is 9.11. The maximum Gasteiger partial charge on any atom is 0.412 e. The van der Waals surface area contributed by atoms with Crippen molar-refractivity contribution in [2.24, 2.45) is 0 Å². The number of carboxylic acid groups (broad SMARTS) is 1. The molecule has 0 spiro atoms. The summed E-state index contributed by atoms with van der Waals surface area (Å²) in [5.74, 6) is 0. The third kappa shape index (κ3) is 2.66. The fourth-order valence-electron chi connectivity index (χ4n) is 1.98. The van der Waals surface area contributed by atoms with Gasteiger partial charge in [-0.2, -0.15) is 5.10 Å². The second kappa shape index (κ2) is 5.70. The van der Waals surface area contributed by atoms with Crippen LogP contribution < -0.4 is 4.90 Å². The highest BCUT2D eigenvalue weighted by Gasteiger charge is 2.21. The van der Waals surface area contributed by atoms with Crippen LogP contribution in [0, 0.1) is 6.92 Å². The second-order valence-corrected chi connectivity index (χ2v) is 7.73. The van der Waals surface area contributed by atoms with Crippen molar-refractivity contribution in [3.63, 3.8) is 0 Å². The number of aryl methyl sites for hydroxylation is 1. The quantitative estimate of drug-likeness (QED) is 0.722. The Morgan fingerprint density at radius 1 is 1.52 bits per heavy atom. The lowest BCUT2D eigenvalue weighted by molar-refractivity contribution is 0.201. The molecule has 0 radical (unpaired) electrons. The molecule has 21 heavy (non-hydrogen) atoms. The van der Waals surface area contributed by atoms with E-state index in [-0.39, 0.29) is 0 Å². The lowest BCUT2D eigenvalue weighted by atomic mass is 10.3. The molecule has 0 fully saturated rings. The molecule has 108 valence electrons. The average Bonchev–Trinajstić information content (AvgIpc) is 3.06. The van der Waals surface area contributed by atoms with Gasteiger partial charge < -0.3 is 5.11 Å². The Morgan fingerprint density at radius 3 is 3.00 bits per heavy atom. The number of aromatic nitrogens is 2. The predicted molar refractivity (Wildman–Crippen MR) is 88.4 cm³/mol. The Labute approximate surface area is 137 Å². The maximum absolute atomic E-state index is 11.6. The van der Waals surface area contributed by atoms with Gasteiger partial charge in [-0.15, -0.1) is 27.8 Å². The van der Waals surface area contributed by atoms with Crippen molar-refractivity contribution in [1.82, 2.24) is 10.2 Å².